The van der Waals surface area contributed by atoms with Crippen molar-refractivity contribution < 1.29 is 4.79 Å². The van der Waals surface area contributed by atoms with Gasteiger partial charge in [-0.25, -0.2) is 9.97 Å². The van der Waals surface area contributed by atoms with Crippen molar-refractivity contribution in [2.75, 3.05) is 23.3 Å². The maximum absolute atomic E-state index is 12.8. The van der Waals surface area contributed by atoms with Gasteiger partial charge in [-0.1, -0.05) is 17.7 Å². The predicted molar refractivity (Wildman–Crippen MR) is 101 cm³/mol. The SMILES string of the molecule is Cc1cc(C)c(NC(=O)[C@@H]2CCCN(c3nccc(C)n3)C2)c(C)c1. The largest absolute Gasteiger partial charge is 0.340 e. The van der Waals surface area contributed by atoms with Crippen molar-refractivity contribution >= 4 is 17.5 Å². The molecule has 1 N–H and O–H groups in total. The molecule has 1 atom stereocenters. The zero-order chi connectivity index (χ0) is 18.0. The fourth-order valence-electron chi connectivity index (χ4n) is 3.56. The number of piperidine rings is 1. The third-order valence-electron chi connectivity index (χ3n) is 4.78. The summed E-state index contributed by atoms with van der Waals surface area (Å²) in [6.45, 7) is 9.69. The van der Waals surface area contributed by atoms with Crippen LogP contribution in [0.2, 0.25) is 0 Å². The number of carbonyl (C=O) groups is 1. The van der Waals surface area contributed by atoms with Gasteiger partial charge in [0.15, 0.2) is 0 Å². The Labute approximate surface area is 149 Å². The van der Waals surface area contributed by atoms with Gasteiger partial charge in [0.1, 0.15) is 0 Å². The lowest BCUT2D eigenvalue weighted by molar-refractivity contribution is -0.120. The summed E-state index contributed by atoms with van der Waals surface area (Å²) >= 11 is 0. The first kappa shape index (κ1) is 17.4. The Morgan fingerprint density at radius 3 is 2.60 bits per heavy atom. The van der Waals surface area contributed by atoms with Gasteiger partial charge in [0.05, 0.1) is 5.92 Å². The Balaban J connectivity index is 1.72. The highest BCUT2D eigenvalue weighted by Gasteiger charge is 2.27. The van der Waals surface area contributed by atoms with Crippen molar-refractivity contribution in [3.63, 3.8) is 0 Å². The Morgan fingerprint density at radius 2 is 1.92 bits per heavy atom. The smallest absolute Gasteiger partial charge is 0.229 e. The highest BCUT2D eigenvalue weighted by molar-refractivity contribution is 5.94. The van der Waals surface area contributed by atoms with E-state index in [4.69, 9.17) is 0 Å². The van der Waals surface area contributed by atoms with Gasteiger partial charge in [0.25, 0.3) is 0 Å². The number of hydrogen-bond donors (Lipinski definition) is 1. The highest BCUT2D eigenvalue weighted by Crippen LogP contribution is 2.25. The average molecular weight is 338 g/mol. The summed E-state index contributed by atoms with van der Waals surface area (Å²) in [6, 6.07) is 6.10. The monoisotopic (exact) mass is 338 g/mol. The zero-order valence-corrected chi connectivity index (χ0v) is 15.5. The molecule has 1 aromatic heterocycles. The average Bonchev–Trinajstić information content (AvgIpc) is 2.58. The molecular formula is C20H26N4O. The zero-order valence-electron chi connectivity index (χ0n) is 15.5. The molecule has 1 fully saturated rings. The molecule has 1 saturated heterocycles. The van der Waals surface area contributed by atoms with E-state index >= 15 is 0 Å². The lowest BCUT2D eigenvalue weighted by atomic mass is 9.96. The second-order valence-corrected chi connectivity index (χ2v) is 7.05. The van der Waals surface area contributed by atoms with Gasteiger partial charge >= 0.3 is 0 Å². The van der Waals surface area contributed by atoms with Crippen LogP contribution in [-0.2, 0) is 4.79 Å². The van der Waals surface area contributed by atoms with Gasteiger partial charge in [0, 0.05) is 30.7 Å². The molecule has 25 heavy (non-hydrogen) atoms. The minimum atomic E-state index is -0.0436. The van der Waals surface area contributed by atoms with Crippen molar-refractivity contribution in [3.8, 4) is 0 Å². The highest BCUT2D eigenvalue weighted by atomic mass is 16.1. The first-order valence-electron chi connectivity index (χ1n) is 8.87. The number of amides is 1. The normalized spacial score (nSPS) is 17.4. The summed E-state index contributed by atoms with van der Waals surface area (Å²) in [5, 5.41) is 3.15. The molecule has 1 aliphatic rings. The molecule has 1 amide bonds. The summed E-state index contributed by atoms with van der Waals surface area (Å²) in [4.78, 5) is 23.8. The maximum atomic E-state index is 12.8. The molecule has 1 aliphatic heterocycles. The topological polar surface area (TPSA) is 58.1 Å². The quantitative estimate of drug-likeness (QED) is 0.929. The van der Waals surface area contributed by atoms with Gasteiger partial charge < -0.3 is 10.2 Å². The van der Waals surface area contributed by atoms with Crippen molar-refractivity contribution in [2.45, 2.75) is 40.5 Å². The van der Waals surface area contributed by atoms with E-state index in [9.17, 15) is 4.79 Å². The van der Waals surface area contributed by atoms with Crippen LogP contribution in [0.15, 0.2) is 24.4 Å². The van der Waals surface area contributed by atoms with Crippen LogP contribution >= 0.6 is 0 Å². The Morgan fingerprint density at radius 1 is 1.20 bits per heavy atom. The van der Waals surface area contributed by atoms with Crippen LogP contribution in [0.3, 0.4) is 0 Å². The number of aryl methyl sites for hydroxylation is 4. The molecule has 132 valence electrons. The van der Waals surface area contributed by atoms with Crippen LogP contribution in [0.1, 0.15) is 35.2 Å². The molecule has 5 heteroatoms. The van der Waals surface area contributed by atoms with E-state index in [1.54, 1.807) is 6.20 Å². The van der Waals surface area contributed by atoms with E-state index in [0.29, 0.717) is 6.54 Å². The number of nitrogens with one attached hydrogen (secondary N) is 1. The molecule has 2 aromatic rings. The van der Waals surface area contributed by atoms with E-state index in [0.717, 1.165) is 47.8 Å². The second-order valence-electron chi connectivity index (χ2n) is 7.05. The molecule has 0 saturated carbocycles. The van der Waals surface area contributed by atoms with Gasteiger partial charge in [-0.05, 0) is 57.7 Å². The van der Waals surface area contributed by atoms with Gasteiger partial charge in [0.2, 0.25) is 11.9 Å². The fraction of sp³-hybridized carbons (Fsp3) is 0.450. The second kappa shape index (κ2) is 7.21. The number of anilines is 2. The van der Waals surface area contributed by atoms with E-state index in [1.807, 2.05) is 26.8 Å². The molecule has 0 spiro atoms. The van der Waals surface area contributed by atoms with Crippen LogP contribution in [0.5, 0.6) is 0 Å². The Bertz CT molecular complexity index is 764. The van der Waals surface area contributed by atoms with E-state index in [2.05, 4.69) is 39.2 Å². The van der Waals surface area contributed by atoms with Gasteiger partial charge in [-0.15, -0.1) is 0 Å². The number of nitrogens with zero attached hydrogens (tertiary/aromatic N) is 3. The lowest BCUT2D eigenvalue weighted by Crippen LogP contribution is -2.41. The van der Waals surface area contributed by atoms with E-state index < -0.39 is 0 Å². The summed E-state index contributed by atoms with van der Waals surface area (Å²) in [5.41, 5.74) is 5.33. The van der Waals surface area contributed by atoms with Crippen LogP contribution in [0.25, 0.3) is 0 Å². The minimum absolute atomic E-state index is 0.0436. The lowest BCUT2D eigenvalue weighted by Gasteiger charge is -2.32. The van der Waals surface area contributed by atoms with Crippen molar-refractivity contribution in [2.24, 2.45) is 5.92 Å². The summed E-state index contributed by atoms with van der Waals surface area (Å²) in [6.07, 6.45) is 3.65. The summed E-state index contributed by atoms with van der Waals surface area (Å²) in [7, 11) is 0. The molecule has 2 heterocycles. The molecular weight excluding hydrogens is 312 g/mol. The first-order chi connectivity index (χ1) is 11.9. The number of rotatable bonds is 3. The van der Waals surface area contributed by atoms with Crippen LogP contribution in [0.4, 0.5) is 11.6 Å². The number of carbonyl (C=O) groups excluding carboxylic acids is 1. The molecule has 0 radical (unpaired) electrons. The number of hydrogen-bond acceptors (Lipinski definition) is 4. The van der Waals surface area contributed by atoms with Gasteiger partial charge in [-0.3, -0.25) is 4.79 Å². The predicted octanol–water partition coefficient (Wildman–Crippen LogP) is 3.57. The summed E-state index contributed by atoms with van der Waals surface area (Å²) < 4.78 is 0. The number of benzene rings is 1. The third-order valence-corrected chi connectivity index (χ3v) is 4.78. The fourth-order valence-corrected chi connectivity index (χ4v) is 3.56. The van der Waals surface area contributed by atoms with Crippen molar-refractivity contribution in [1.29, 1.82) is 0 Å². The third kappa shape index (κ3) is 3.98. The first-order valence-corrected chi connectivity index (χ1v) is 8.87. The van der Waals surface area contributed by atoms with Crippen molar-refractivity contribution in [1.82, 2.24) is 9.97 Å². The van der Waals surface area contributed by atoms with E-state index in [-0.39, 0.29) is 11.8 Å². The molecule has 5 nitrogen and oxygen atoms in total. The molecule has 0 bridgehead atoms. The standard InChI is InChI=1S/C20H26N4O/c1-13-10-14(2)18(15(3)11-13)23-19(25)17-6-5-9-24(12-17)20-21-8-7-16(4)22-20/h7-8,10-11,17H,5-6,9,12H2,1-4H3,(H,23,25)/t17-/m1/s1. The molecule has 3 rings (SSSR count). The molecule has 1 aromatic carbocycles. The van der Waals surface area contributed by atoms with Gasteiger partial charge in [-0.2, -0.15) is 0 Å². The summed E-state index contributed by atoms with van der Waals surface area (Å²) in [5.74, 6) is 0.769. The molecule has 0 unspecified atom stereocenters. The van der Waals surface area contributed by atoms with E-state index in [1.165, 1.54) is 5.56 Å². The van der Waals surface area contributed by atoms with Crippen LogP contribution < -0.4 is 10.2 Å². The Kier molecular flexibility index (Phi) is 5.02. The van der Waals surface area contributed by atoms with Crippen LogP contribution in [-0.4, -0.2) is 29.0 Å². The van der Waals surface area contributed by atoms with Crippen LogP contribution in [0, 0.1) is 33.6 Å². The number of aromatic nitrogens is 2. The van der Waals surface area contributed by atoms with Crippen molar-refractivity contribution in [3.05, 3.63) is 46.8 Å². The minimum Gasteiger partial charge on any atom is -0.340 e. The molecule has 0 aliphatic carbocycles. The maximum Gasteiger partial charge on any atom is 0.229 e. The Hall–Kier alpha value is -2.43.